The summed E-state index contributed by atoms with van der Waals surface area (Å²) in [5.74, 6) is -0.822. The van der Waals surface area contributed by atoms with E-state index in [0.29, 0.717) is 39.7 Å². The van der Waals surface area contributed by atoms with Gasteiger partial charge in [-0.3, -0.25) is 28.6 Å². The van der Waals surface area contributed by atoms with Crippen molar-refractivity contribution in [3.05, 3.63) is 68.4 Å². The van der Waals surface area contributed by atoms with Crippen molar-refractivity contribution in [2.75, 3.05) is 63.2 Å². The lowest BCUT2D eigenvalue weighted by molar-refractivity contribution is -0.130. The van der Waals surface area contributed by atoms with Crippen LogP contribution in [-0.2, 0) is 34.7 Å². The normalized spacial score (nSPS) is 18.3. The molecule has 23 heteroatoms. The van der Waals surface area contributed by atoms with E-state index in [9.17, 15) is 57.5 Å². The number of anilines is 2. The molecule has 4 aliphatic rings. The molecule has 2 aromatic carbocycles. The number of nitrogens with one attached hydrogen (secondary N) is 1. The maximum absolute atomic E-state index is 13.8. The molecule has 0 saturated carbocycles. The van der Waals surface area contributed by atoms with Crippen molar-refractivity contribution in [3.8, 4) is 0 Å². The molecule has 2 aromatic heterocycles. The quantitative estimate of drug-likeness (QED) is 0.118. The number of hydrogen-bond acceptors (Lipinski definition) is 9. The first kappa shape index (κ1) is 42.0. The van der Waals surface area contributed by atoms with E-state index in [2.05, 4.69) is 51.3 Å². The lowest BCUT2D eigenvalue weighted by Crippen LogP contribution is -2.64. The molecule has 8 rings (SSSR count). The van der Waals surface area contributed by atoms with Crippen molar-refractivity contribution >= 4 is 87.0 Å². The molecule has 2 amide bonds. The Morgan fingerprint density at radius 1 is 0.821 bits per heavy atom. The van der Waals surface area contributed by atoms with Gasteiger partial charge in [-0.1, -0.05) is 0 Å². The van der Waals surface area contributed by atoms with Crippen LogP contribution in [0.2, 0.25) is 0 Å². The Kier molecular flexibility index (Phi) is 11.2. The molecule has 56 heavy (non-hydrogen) atoms. The highest BCUT2D eigenvalue weighted by Gasteiger charge is 2.58. The van der Waals surface area contributed by atoms with E-state index in [1.165, 1.54) is 17.0 Å². The Bertz CT molecular complexity index is 2440. The van der Waals surface area contributed by atoms with Gasteiger partial charge in [-0.15, -0.1) is 0 Å². The maximum atomic E-state index is 13.8. The summed E-state index contributed by atoms with van der Waals surface area (Å²) in [6, 6.07) is 6.05. The van der Waals surface area contributed by atoms with Crippen molar-refractivity contribution in [3.63, 3.8) is 0 Å². The zero-order chi connectivity index (χ0) is 41.3. The average Bonchev–Trinajstić information content (AvgIpc) is 3.45. The second kappa shape index (κ2) is 14.9. The third kappa shape index (κ3) is 7.11. The molecule has 0 radical (unpaired) electrons. The number of halogens is 11. The van der Waals surface area contributed by atoms with E-state index in [1.807, 2.05) is 0 Å². The van der Waals surface area contributed by atoms with E-state index >= 15 is 0 Å². The number of rotatable bonds is 5. The van der Waals surface area contributed by atoms with E-state index in [-0.39, 0.29) is 80.3 Å². The van der Waals surface area contributed by atoms with Crippen molar-refractivity contribution in [1.82, 2.24) is 20.2 Å². The summed E-state index contributed by atoms with van der Waals surface area (Å²) < 4.78 is 132. The maximum Gasteiger partial charge on any atom is 0.523 e. The molecule has 0 aliphatic carbocycles. The smallest absolute Gasteiger partial charge is 0.314 e. The van der Waals surface area contributed by atoms with Gasteiger partial charge in [-0.2, -0.15) is 21.6 Å². The Morgan fingerprint density at radius 3 is 1.66 bits per heavy atom. The van der Waals surface area contributed by atoms with E-state index in [4.69, 9.17) is 0 Å². The van der Waals surface area contributed by atoms with Gasteiger partial charge in [0, 0.05) is 113 Å². The van der Waals surface area contributed by atoms with Crippen LogP contribution in [0.3, 0.4) is 0 Å². The fourth-order valence-electron chi connectivity index (χ4n) is 7.19. The largest absolute Gasteiger partial charge is 0.523 e. The molecule has 6 heterocycles. The van der Waals surface area contributed by atoms with Gasteiger partial charge in [0.05, 0.1) is 50.3 Å². The van der Waals surface area contributed by atoms with Gasteiger partial charge < -0.3 is 15.1 Å². The van der Waals surface area contributed by atoms with Gasteiger partial charge in [0.15, 0.2) is 0 Å². The van der Waals surface area contributed by atoms with Gasteiger partial charge in [0.1, 0.15) is 29.1 Å². The average molecular weight is 1000 g/mol. The highest BCUT2D eigenvalue weighted by atomic mass is 79.9. The van der Waals surface area contributed by atoms with Crippen molar-refractivity contribution < 1.29 is 100 Å². The molecule has 0 atom stereocenters. The number of hydrogen-bond donors (Lipinski definition) is 1. The summed E-state index contributed by atoms with van der Waals surface area (Å²) in [4.78, 5) is 38.6. The second-order valence-corrected chi connectivity index (χ2v) is 16.6. The van der Waals surface area contributed by atoms with Gasteiger partial charge in [0.25, 0.3) is 12.9 Å². The molecule has 2 saturated heterocycles. The van der Waals surface area contributed by atoms with Crippen LogP contribution in [0.1, 0.15) is 49.6 Å². The number of nitrogens with zero attached hydrogens (tertiary/aromatic N) is 5. The topological polar surface area (TPSA) is 125 Å². The standard InChI is InChI=1S/C16H13BrF3N3O.C14H11BrFN3O.C3H3F5O3S.27H2/c1-22-12-4-21-11-3-10(18)9(17)2-8(11)14(12)16(15(22)24)6-23(7-16)5-13(19)20;1-19-11-4-18-10-3-9(16)8(15)2-7(10)12(11)14(13(19)20)5-17-6-14;4-2(5)1-11-12(9,10)3(6,7)8;;;;;;;;;;;;;;;;;;;;;;;;;;;/h2-4,13H,5-7H2,1H3;2-4,17H,5-6H2,1H3;2H,1H2;27*1H. The van der Waals surface area contributed by atoms with Gasteiger partial charge >= 0.3 is 15.6 Å². The summed E-state index contributed by atoms with van der Waals surface area (Å²) >= 11 is 6.38. The molecule has 2 fully saturated rings. The van der Waals surface area contributed by atoms with Crippen molar-refractivity contribution in [2.45, 2.75) is 29.2 Å². The first-order chi connectivity index (χ1) is 26.0. The van der Waals surface area contributed by atoms with Crippen LogP contribution in [0.15, 0.2) is 45.6 Å². The zero-order valence-corrected chi connectivity index (χ0v) is 32.7. The number of aromatic nitrogens is 2. The molecule has 1 N–H and O–H groups in total. The Hall–Kier alpha value is -3.64. The molecule has 0 unspecified atom stereocenters. The molecular weight excluding hydrogens is 923 g/mol. The zero-order valence-electron chi connectivity index (χ0n) is 28.7. The third-order valence-corrected chi connectivity index (χ3v) is 12.0. The van der Waals surface area contributed by atoms with Gasteiger partial charge in [-0.05, 0) is 44.0 Å². The minimum absolute atomic E-state index is 0. The van der Waals surface area contributed by atoms with E-state index in [1.54, 1.807) is 48.4 Å². The minimum Gasteiger partial charge on any atom is -0.314 e. The predicted molar refractivity (Wildman–Crippen MR) is 248 cm³/mol. The summed E-state index contributed by atoms with van der Waals surface area (Å²) in [6.07, 6.45) is -2.49. The number of carbonyl (C=O) groups is 2. The second-order valence-electron chi connectivity index (χ2n) is 13.2. The van der Waals surface area contributed by atoms with Crippen LogP contribution in [0.25, 0.3) is 21.8 Å². The number of alkyl halides is 7. The Balaban J connectivity index is -0.0000000298. The van der Waals surface area contributed by atoms with Crippen LogP contribution in [0, 0.1) is 11.6 Å². The van der Waals surface area contributed by atoms with Gasteiger partial charge in [-0.25, -0.2) is 26.3 Å². The Labute approximate surface area is 368 Å². The van der Waals surface area contributed by atoms with Crippen LogP contribution in [0.4, 0.5) is 50.9 Å². The highest BCUT2D eigenvalue weighted by Crippen LogP contribution is 2.50. The fourth-order valence-corrected chi connectivity index (χ4v) is 8.29. The summed E-state index contributed by atoms with van der Waals surface area (Å²) in [5.41, 5.74) is -2.78. The van der Waals surface area contributed by atoms with Crippen LogP contribution >= 0.6 is 31.9 Å². The number of pyridine rings is 2. The molecular formula is C33H81Br2F9N6O5S. The van der Waals surface area contributed by atoms with E-state index in [0.717, 1.165) is 22.2 Å². The number of likely N-dealkylation sites (N-methyl/N-ethyl adjacent to an activating group) is 2. The molecule has 4 aliphatic heterocycles. The molecule has 2 spiro atoms. The monoisotopic (exact) mass is 1000 g/mol. The third-order valence-electron chi connectivity index (χ3n) is 9.76. The first-order valence-corrected chi connectivity index (χ1v) is 19.1. The lowest BCUT2D eigenvalue weighted by atomic mass is 9.73. The van der Waals surface area contributed by atoms with Crippen LogP contribution in [0.5, 0.6) is 0 Å². The number of amides is 2. The van der Waals surface area contributed by atoms with Crippen LogP contribution in [-0.4, -0.2) is 107 Å². The number of benzene rings is 2. The minimum atomic E-state index is -5.87. The SMILES string of the molecule is CN1C(=O)C2(CN(CC(F)F)C2)c2c1cnc1cc(F)c(Br)cc21.CN1C(=O)C2(CNC2)c2c1cnc1cc(F)c(Br)cc21.O=S(=O)(OCC(F)F)C(F)(F)F.[HH].[HH].[HH].[HH].[HH].[HH].[HH].[HH].[HH].[HH].[HH].[HH].[HH].[HH].[HH].[HH].[HH].[HH].[HH].[HH].[HH].[HH].[HH].[HH].[HH].[HH].[HH]. The number of carbonyl (C=O) groups excluding carboxylic acids is 2. The fraction of sp³-hybridized carbons (Fsp3) is 0.394. The first-order valence-electron chi connectivity index (χ1n) is 16.1. The molecule has 356 valence electrons. The summed E-state index contributed by atoms with van der Waals surface area (Å²) in [5, 5.41) is 4.69. The van der Waals surface area contributed by atoms with Gasteiger partial charge in [0.2, 0.25) is 11.8 Å². The lowest BCUT2D eigenvalue weighted by Gasteiger charge is -2.46. The molecule has 11 nitrogen and oxygen atoms in total. The summed E-state index contributed by atoms with van der Waals surface area (Å²) in [7, 11) is -2.46. The Morgan fingerprint density at radius 2 is 1.27 bits per heavy atom. The number of likely N-dealkylation sites (tertiary alicyclic amines) is 1. The van der Waals surface area contributed by atoms with E-state index < -0.39 is 51.7 Å². The molecule has 4 aromatic rings. The van der Waals surface area contributed by atoms with Crippen LogP contribution < -0.4 is 15.1 Å². The predicted octanol–water partition coefficient (Wildman–Crippen LogP) is 12.6. The van der Waals surface area contributed by atoms with Crippen molar-refractivity contribution in [1.29, 1.82) is 0 Å². The summed E-state index contributed by atoms with van der Waals surface area (Å²) in [6.45, 7) is -0.422. The highest BCUT2D eigenvalue weighted by molar-refractivity contribution is 9.10. The number of fused-ring (bicyclic) bond motifs is 8. The molecule has 0 bridgehead atoms. The van der Waals surface area contributed by atoms with Crippen molar-refractivity contribution in [2.24, 2.45) is 0 Å².